The summed E-state index contributed by atoms with van der Waals surface area (Å²) in [5.41, 5.74) is 0.939. The van der Waals surface area contributed by atoms with Gasteiger partial charge in [-0.2, -0.15) is 13.2 Å². The topological polar surface area (TPSA) is 79.0 Å². The summed E-state index contributed by atoms with van der Waals surface area (Å²) in [5.74, 6) is -0.346. The number of fused-ring (bicyclic) bond motifs is 2. The maximum atomic E-state index is 13.5. The monoisotopic (exact) mass is 523 g/mol. The van der Waals surface area contributed by atoms with Crippen molar-refractivity contribution in [1.82, 2.24) is 9.80 Å². The highest BCUT2D eigenvalue weighted by Gasteiger charge is 2.39. The van der Waals surface area contributed by atoms with Crippen LogP contribution < -0.4 is 10.1 Å². The molecule has 1 N–H and O–H groups in total. The number of carbonyl (C=O) groups excluding carboxylic acids is 3. The molecule has 2 aliphatic heterocycles. The molecule has 1 atom stereocenters. The van der Waals surface area contributed by atoms with E-state index in [9.17, 15) is 27.6 Å². The molecule has 2 heterocycles. The summed E-state index contributed by atoms with van der Waals surface area (Å²) in [6.45, 7) is 0.844. The number of piperazine rings is 1. The number of rotatable bonds is 5. The summed E-state index contributed by atoms with van der Waals surface area (Å²) in [5, 5.41) is 2.78. The first-order valence-corrected chi connectivity index (χ1v) is 12.0. The molecule has 0 bridgehead atoms. The van der Waals surface area contributed by atoms with E-state index < -0.39 is 23.7 Å². The Morgan fingerprint density at radius 1 is 1.00 bits per heavy atom. The van der Waals surface area contributed by atoms with E-state index in [1.807, 2.05) is 4.90 Å². The Morgan fingerprint density at radius 3 is 2.53 bits per heavy atom. The van der Waals surface area contributed by atoms with Gasteiger partial charge in [-0.25, -0.2) is 0 Å². The fraction of sp³-hybridized carbons (Fsp3) is 0.250. The Balaban J connectivity index is 1.36. The zero-order valence-electron chi connectivity index (χ0n) is 20.4. The van der Waals surface area contributed by atoms with Crippen molar-refractivity contribution in [1.29, 1.82) is 0 Å². The zero-order valence-corrected chi connectivity index (χ0v) is 20.4. The predicted octanol–water partition coefficient (Wildman–Crippen LogP) is 4.34. The molecular formula is C28H24F3N3O4. The minimum absolute atomic E-state index is 0.0750. The molecule has 0 radical (unpaired) electrons. The van der Waals surface area contributed by atoms with Crippen LogP contribution in [0, 0.1) is 0 Å². The number of halogens is 3. The highest BCUT2D eigenvalue weighted by molar-refractivity contribution is 6.10. The number of methoxy groups -OCH3 is 1. The van der Waals surface area contributed by atoms with E-state index >= 15 is 0 Å². The highest BCUT2D eigenvalue weighted by atomic mass is 19.4. The molecule has 196 valence electrons. The summed E-state index contributed by atoms with van der Waals surface area (Å²) in [7, 11) is 1.52. The van der Waals surface area contributed by atoms with E-state index in [0.29, 0.717) is 34.7 Å². The van der Waals surface area contributed by atoms with Gasteiger partial charge in [-0.1, -0.05) is 30.3 Å². The molecule has 2 aliphatic rings. The molecule has 38 heavy (non-hydrogen) atoms. The van der Waals surface area contributed by atoms with Crippen molar-refractivity contribution in [3.63, 3.8) is 0 Å². The number of nitrogens with one attached hydrogen (secondary N) is 1. The molecule has 7 nitrogen and oxygen atoms in total. The molecule has 2 amide bonds. The highest BCUT2D eigenvalue weighted by Crippen LogP contribution is 2.34. The SMILES string of the molecule is COc1cccc(C(=O)CN2CCN3C(=O)c4cc(-c5cccc(C(F)(F)F)c5)ccc4NC(=O)C3C2)c1. The van der Waals surface area contributed by atoms with Gasteiger partial charge in [-0.3, -0.25) is 19.3 Å². The van der Waals surface area contributed by atoms with Crippen LogP contribution in [-0.2, 0) is 11.0 Å². The van der Waals surface area contributed by atoms with Crippen LogP contribution in [0.5, 0.6) is 5.75 Å². The second-order valence-electron chi connectivity index (χ2n) is 9.23. The van der Waals surface area contributed by atoms with Crippen molar-refractivity contribution >= 4 is 23.3 Å². The Kier molecular flexibility index (Phi) is 6.66. The molecule has 1 unspecified atom stereocenters. The van der Waals surface area contributed by atoms with Gasteiger partial charge in [-0.05, 0) is 47.5 Å². The number of carbonyl (C=O) groups is 3. The van der Waals surface area contributed by atoms with Gasteiger partial charge in [0.1, 0.15) is 11.8 Å². The number of anilines is 1. The van der Waals surface area contributed by atoms with E-state index in [1.54, 1.807) is 30.3 Å². The average Bonchev–Trinajstić information content (AvgIpc) is 3.02. The first-order chi connectivity index (χ1) is 18.1. The number of amides is 2. The average molecular weight is 524 g/mol. The molecule has 0 aliphatic carbocycles. The Labute approximate surface area is 216 Å². The predicted molar refractivity (Wildman–Crippen MR) is 134 cm³/mol. The molecule has 5 rings (SSSR count). The van der Waals surface area contributed by atoms with Gasteiger partial charge in [0, 0.05) is 25.2 Å². The largest absolute Gasteiger partial charge is 0.497 e. The number of benzene rings is 3. The van der Waals surface area contributed by atoms with Gasteiger partial charge in [-0.15, -0.1) is 0 Å². The molecule has 1 saturated heterocycles. The third-order valence-corrected chi connectivity index (χ3v) is 6.82. The Morgan fingerprint density at radius 2 is 1.76 bits per heavy atom. The van der Waals surface area contributed by atoms with Gasteiger partial charge < -0.3 is 15.0 Å². The second-order valence-corrected chi connectivity index (χ2v) is 9.23. The molecular weight excluding hydrogens is 499 g/mol. The first kappa shape index (κ1) is 25.5. The quantitative estimate of drug-likeness (QED) is 0.504. The number of alkyl halides is 3. The van der Waals surface area contributed by atoms with Crippen molar-refractivity contribution in [2.24, 2.45) is 0 Å². The summed E-state index contributed by atoms with van der Waals surface area (Å²) in [6, 6.07) is 15.5. The first-order valence-electron chi connectivity index (χ1n) is 12.0. The van der Waals surface area contributed by atoms with Crippen LogP contribution in [0.2, 0.25) is 0 Å². The van der Waals surface area contributed by atoms with Crippen LogP contribution in [0.4, 0.5) is 18.9 Å². The molecule has 3 aromatic carbocycles. The smallest absolute Gasteiger partial charge is 0.416 e. The van der Waals surface area contributed by atoms with Crippen molar-refractivity contribution in [2.45, 2.75) is 12.2 Å². The Hall–Kier alpha value is -4.18. The van der Waals surface area contributed by atoms with Gasteiger partial charge in [0.2, 0.25) is 5.91 Å². The lowest BCUT2D eigenvalue weighted by atomic mass is 9.99. The number of nitrogens with zero attached hydrogens (tertiary/aromatic N) is 2. The maximum absolute atomic E-state index is 13.5. The normalized spacial score (nSPS) is 17.8. The summed E-state index contributed by atoms with van der Waals surface area (Å²) in [4.78, 5) is 42.7. The van der Waals surface area contributed by atoms with E-state index in [4.69, 9.17) is 4.74 Å². The third-order valence-electron chi connectivity index (χ3n) is 6.82. The number of hydrogen-bond acceptors (Lipinski definition) is 5. The van der Waals surface area contributed by atoms with Crippen molar-refractivity contribution < 1.29 is 32.3 Å². The lowest BCUT2D eigenvalue weighted by molar-refractivity contribution is -0.137. The van der Waals surface area contributed by atoms with Crippen LogP contribution >= 0.6 is 0 Å². The molecule has 3 aromatic rings. The molecule has 0 aromatic heterocycles. The third kappa shape index (κ3) is 4.99. The molecule has 1 fully saturated rings. The van der Waals surface area contributed by atoms with E-state index in [0.717, 1.165) is 12.1 Å². The minimum atomic E-state index is -4.49. The van der Waals surface area contributed by atoms with Gasteiger partial charge in [0.05, 0.1) is 30.5 Å². The van der Waals surface area contributed by atoms with Gasteiger partial charge in [0.15, 0.2) is 5.78 Å². The lowest BCUT2D eigenvalue weighted by Crippen LogP contribution is -2.59. The fourth-order valence-electron chi connectivity index (χ4n) is 4.80. The van der Waals surface area contributed by atoms with Crippen LogP contribution in [0.1, 0.15) is 26.3 Å². The summed E-state index contributed by atoms with van der Waals surface area (Å²) < 4.78 is 44.8. The standard InChI is InChI=1S/C28H24F3N3O4/c1-38-21-7-3-5-19(13-21)25(35)16-33-10-11-34-24(15-33)26(36)32-23-9-8-18(14-22(23)27(34)37)17-4-2-6-20(12-17)28(29,30)31/h2-9,12-14,24H,10-11,15-16H2,1H3,(H,32,36). The lowest BCUT2D eigenvalue weighted by Gasteiger charge is -2.39. The van der Waals surface area contributed by atoms with E-state index in [1.165, 1.54) is 36.3 Å². The number of ketones is 1. The van der Waals surface area contributed by atoms with Crippen molar-refractivity contribution in [3.8, 4) is 16.9 Å². The van der Waals surface area contributed by atoms with Gasteiger partial charge in [0.25, 0.3) is 5.91 Å². The van der Waals surface area contributed by atoms with Crippen LogP contribution in [0.15, 0.2) is 66.7 Å². The van der Waals surface area contributed by atoms with Crippen molar-refractivity contribution in [2.75, 3.05) is 38.6 Å². The zero-order chi connectivity index (χ0) is 27.0. The van der Waals surface area contributed by atoms with E-state index in [2.05, 4.69) is 5.32 Å². The summed E-state index contributed by atoms with van der Waals surface area (Å²) >= 11 is 0. The summed E-state index contributed by atoms with van der Waals surface area (Å²) in [6.07, 6.45) is -4.49. The number of Topliss-reactive ketones (excluding diaryl/α,β-unsaturated/α-hetero) is 1. The van der Waals surface area contributed by atoms with Crippen LogP contribution in [0.25, 0.3) is 11.1 Å². The van der Waals surface area contributed by atoms with Crippen molar-refractivity contribution in [3.05, 3.63) is 83.4 Å². The molecule has 0 saturated carbocycles. The van der Waals surface area contributed by atoms with Crippen LogP contribution in [0.3, 0.4) is 0 Å². The van der Waals surface area contributed by atoms with Crippen LogP contribution in [-0.4, -0.2) is 66.7 Å². The maximum Gasteiger partial charge on any atom is 0.416 e. The fourth-order valence-corrected chi connectivity index (χ4v) is 4.80. The van der Waals surface area contributed by atoms with Gasteiger partial charge >= 0.3 is 6.18 Å². The minimum Gasteiger partial charge on any atom is -0.497 e. The number of ether oxygens (including phenoxy) is 1. The number of hydrogen-bond donors (Lipinski definition) is 1. The van der Waals surface area contributed by atoms with E-state index in [-0.39, 0.29) is 36.9 Å². The second kappa shape index (κ2) is 9.94. The molecule has 10 heteroatoms. The molecule has 0 spiro atoms. The Bertz CT molecular complexity index is 1420.